The second-order valence-electron chi connectivity index (χ2n) is 4.44. The molecule has 0 saturated carbocycles. The SMILES string of the molecule is Brc1ccccc1CNC(c1cccs1)c1cccs1. The van der Waals surface area contributed by atoms with Gasteiger partial charge in [0, 0.05) is 20.8 Å². The molecule has 0 saturated heterocycles. The molecule has 0 atom stereocenters. The molecule has 102 valence electrons. The largest absolute Gasteiger partial charge is 0.301 e. The summed E-state index contributed by atoms with van der Waals surface area (Å²) in [5.74, 6) is 0. The second kappa shape index (κ2) is 6.68. The summed E-state index contributed by atoms with van der Waals surface area (Å²) < 4.78 is 1.16. The molecule has 0 aliphatic rings. The van der Waals surface area contributed by atoms with Gasteiger partial charge in [0.1, 0.15) is 0 Å². The Morgan fingerprint density at radius 3 is 2.10 bits per heavy atom. The Labute approximate surface area is 135 Å². The standard InChI is InChI=1S/C16H14BrNS2/c17-13-6-2-1-5-12(13)11-18-16(14-7-3-9-19-14)15-8-4-10-20-15/h1-10,16,18H,11H2. The van der Waals surface area contributed by atoms with Crippen LogP contribution < -0.4 is 5.32 Å². The first kappa shape index (κ1) is 14.0. The van der Waals surface area contributed by atoms with Crippen LogP contribution in [0.2, 0.25) is 0 Å². The molecule has 1 N–H and O–H groups in total. The summed E-state index contributed by atoms with van der Waals surface area (Å²) in [4.78, 5) is 2.72. The number of halogens is 1. The smallest absolute Gasteiger partial charge is 0.0767 e. The van der Waals surface area contributed by atoms with Crippen LogP contribution in [0.15, 0.2) is 63.8 Å². The third-order valence-corrected chi connectivity index (χ3v) is 5.76. The molecule has 3 aromatic rings. The van der Waals surface area contributed by atoms with Crippen molar-refractivity contribution < 1.29 is 0 Å². The van der Waals surface area contributed by atoms with Crippen LogP contribution in [0.25, 0.3) is 0 Å². The molecule has 0 spiro atoms. The Morgan fingerprint density at radius 2 is 1.55 bits per heavy atom. The zero-order valence-electron chi connectivity index (χ0n) is 10.8. The van der Waals surface area contributed by atoms with Gasteiger partial charge in [0.15, 0.2) is 0 Å². The van der Waals surface area contributed by atoms with Gasteiger partial charge >= 0.3 is 0 Å². The third-order valence-electron chi connectivity index (χ3n) is 3.11. The molecule has 0 fully saturated rings. The molecular weight excluding hydrogens is 350 g/mol. The number of rotatable bonds is 5. The van der Waals surface area contributed by atoms with Gasteiger partial charge in [-0.25, -0.2) is 0 Å². The van der Waals surface area contributed by atoms with Gasteiger partial charge in [-0.2, -0.15) is 0 Å². The van der Waals surface area contributed by atoms with Gasteiger partial charge in [-0.1, -0.05) is 46.3 Å². The van der Waals surface area contributed by atoms with E-state index in [4.69, 9.17) is 0 Å². The first-order valence-corrected chi connectivity index (χ1v) is 8.93. The lowest BCUT2D eigenvalue weighted by Crippen LogP contribution is -2.20. The molecule has 2 heterocycles. The fourth-order valence-electron chi connectivity index (χ4n) is 2.11. The molecule has 1 aromatic carbocycles. The van der Waals surface area contributed by atoms with Crippen molar-refractivity contribution in [2.24, 2.45) is 0 Å². The van der Waals surface area contributed by atoms with Crippen molar-refractivity contribution in [2.45, 2.75) is 12.6 Å². The molecule has 0 amide bonds. The summed E-state index contributed by atoms with van der Waals surface area (Å²) in [5.41, 5.74) is 1.28. The van der Waals surface area contributed by atoms with Crippen molar-refractivity contribution in [2.75, 3.05) is 0 Å². The van der Waals surface area contributed by atoms with Crippen molar-refractivity contribution >= 4 is 38.6 Å². The summed E-state index contributed by atoms with van der Waals surface area (Å²) in [5, 5.41) is 7.94. The third kappa shape index (κ3) is 3.20. The molecule has 0 unspecified atom stereocenters. The van der Waals surface area contributed by atoms with Crippen LogP contribution in [0.1, 0.15) is 21.4 Å². The molecule has 3 rings (SSSR count). The predicted molar refractivity (Wildman–Crippen MR) is 91.5 cm³/mol. The van der Waals surface area contributed by atoms with Gasteiger partial charge in [0.2, 0.25) is 0 Å². The van der Waals surface area contributed by atoms with Gasteiger partial charge in [-0.3, -0.25) is 0 Å². The normalized spacial score (nSPS) is 11.1. The molecule has 1 nitrogen and oxygen atoms in total. The van der Waals surface area contributed by atoms with Crippen molar-refractivity contribution in [1.29, 1.82) is 0 Å². The summed E-state index contributed by atoms with van der Waals surface area (Å²) >= 11 is 7.21. The van der Waals surface area contributed by atoms with Crippen LogP contribution in [-0.4, -0.2) is 0 Å². The highest BCUT2D eigenvalue weighted by Gasteiger charge is 2.15. The summed E-state index contributed by atoms with van der Waals surface area (Å²) in [6.07, 6.45) is 0. The number of nitrogens with one attached hydrogen (secondary N) is 1. The van der Waals surface area contributed by atoms with E-state index >= 15 is 0 Å². The monoisotopic (exact) mass is 363 g/mol. The zero-order valence-corrected chi connectivity index (χ0v) is 14.0. The highest BCUT2D eigenvalue weighted by Crippen LogP contribution is 2.29. The average Bonchev–Trinajstić information content (AvgIpc) is 3.14. The molecule has 0 bridgehead atoms. The summed E-state index contributed by atoms with van der Waals surface area (Å²) in [6, 6.07) is 17.3. The van der Waals surface area contributed by atoms with E-state index in [1.165, 1.54) is 15.3 Å². The Hall–Kier alpha value is -0.940. The minimum Gasteiger partial charge on any atom is -0.301 e. The number of thiophene rings is 2. The van der Waals surface area contributed by atoms with Crippen molar-refractivity contribution in [3.8, 4) is 0 Å². The zero-order chi connectivity index (χ0) is 13.8. The van der Waals surface area contributed by atoms with Crippen LogP contribution in [0.4, 0.5) is 0 Å². The minimum absolute atomic E-state index is 0.280. The highest BCUT2D eigenvalue weighted by atomic mass is 79.9. The maximum atomic E-state index is 3.67. The number of benzene rings is 1. The molecular formula is C16H14BrNS2. The molecule has 2 aromatic heterocycles. The van der Waals surface area contributed by atoms with E-state index in [1.54, 1.807) is 22.7 Å². The van der Waals surface area contributed by atoms with E-state index in [9.17, 15) is 0 Å². The molecule has 0 aliphatic heterocycles. The Morgan fingerprint density at radius 1 is 0.900 bits per heavy atom. The second-order valence-corrected chi connectivity index (χ2v) is 7.25. The fourth-order valence-corrected chi connectivity index (χ4v) is 4.24. The Kier molecular flexibility index (Phi) is 4.68. The maximum Gasteiger partial charge on any atom is 0.0767 e. The van der Waals surface area contributed by atoms with Gasteiger partial charge in [0.05, 0.1) is 6.04 Å². The van der Waals surface area contributed by atoms with Crippen molar-refractivity contribution in [3.63, 3.8) is 0 Å². The van der Waals surface area contributed by atoms with E-state index < -0.39 is 0 Å². The Bertz CT molecular complexity index is 613. The van der Waals surface area contributed by atoms with Gasteiger partial charge in [-0.15, -0.1) is 22.7 Å². The quantitative estimate of drug-likeness (QED) is 0.635. The lowest BCUT2D eigenvalue weighted by Gasteiger charge is -2.16. The fraction of sp³-hybridized carbons (Fsp3) is 0.125. The van der Waals surface area contributed by atoms with E-state index in [1.807, 2.05) is 6.07 Å². The lowest BCUT2D eigenvalue weighted by molar-refractivity contribution is 0.620. The summed E-state index contributed by atoms with van der Waals surface area (Å²) in [7, 11) is 0. The number of hydrogen-bond donors (Lipinski definition) is 1. The van der Waals surface area contributed by atoms with Crippen molar-refractivity contribution in [1.82, 2.24) is 5.32 Å². The van der Waals surface area contributed by atoms with Gasteiger partial charge in [0.25, 0.3) is 0 Å². The first-order chi connectivity index (χ1) is 9.84. The van der Waals surface area contributed by atoms with Crippen molar-refractivity contribution in [3.05, 3.63) is 79.1 Å². The van der Waals surface area contributed by atoms with Crippen LogP contribution >= 0.6 is 38.6 Å². The maximum absolute atomic E-state index is 3.67. The lowest BCUT2D eigenvalue weighted by atomic mass is 10.1. The van der Waals surface area contributed by atoms with E-state index in [0.717, 1.165) is 11.0 Å². The van der Waals surface area contributed by atoms with Crippen LogP contribution in [-0.2, 0) is 6.54 Å². The predicted octanol–water partition coefficient (Wildman–Crippen LogP) is 5.45. The topological polar surface area (TPSA) is 12.0 Å². The van der Waals surface area contributed by atoms with E-state index in [2.05, 4.69) is 74.5 Å². The molecule has 0 aliphatic carbocycles. The van der Waals surface area contributed by atoms with Crippen LogP contribution in [0, 0.1) is 0 Å². The van der Waals surface area contributed by atoms with Crippen LogP contribution in [0.5, 0.6) is 0 Å². The Balaban J connectivity index is 1.80. The minimum atomic E-state index is 0.280. The average molecular weight is 364 g/mol. The molecule has 20 heavy (non-hydrogen) atoms. The first-order valence-electron chi connectivity index (χ1n) is 6.38. The van der Waals surface area contributed by atoms with Crippen LogP contribution in [0.3, 0.4) is 0 Å². The highest BCUT2D eigenvalue weighted by molar-refractivity contribution is 9.10. The summed E-state index contributed by atoms with van der Waals surface area (Å²) in [6.45, 7) is 0.849. The van der Waals surface area contributed by atoms with E-state index in [0.29, 0.717) is 0 Å². The molecule has 0 radical (unpaired) electrons. The van der Waals surface area contributed by atoms with E-state index in [-0.39, 0.29) is 6.04 Å². The number of hydrogen-bond acceptors (Lipinski definition) is 3. The molecule has 4 heteroatoms. The van der Waals surface area contributed by atoms with Gasteiger partial charge < -0.3 is 5.32 Å². The van der Waals surface area contributed by atoms with Gasteiger partial charge in [-0.05, 0) is 34.5 Å².